The molecule has 13 nitrogen and oxygen atoms in total. The number of nitrogens with two attached hydrogens (primary N) is 2. The molecule has 3 rings (SSSR count). The van der Waals surface area contributed by atoms with Crippen molar-refractivity contribution in [1.82, 2.24) is 15.3 Å². The van der Waals surface area contributed by atoms with E-state index in [1.807, 2.05) is 0 Å². The quantitative estimate of drug-likeness (QED) is 0.212. The number of aliphatic hydroxyl groups is 1. The van der Waals surface area contributed by atoms with Crippen LogP contribution in [-0.2, 0) is 0 Å². The van der Waals surface area contributed by atoms with Crippen molar-refractivity contribution in [3.63, 3.8) is 0 Å². The number of nitrogens with one attached hydrogen (secondary N) is 2. The van der Waals surface area contributed by atoms with Gasteiger partial charge in [-0.2, -0.15) is 0 Å². The minimum Gasteiger partial charge on any atom is -0.370 e. The first-order valence-electron chi connectivity index (χ1n) is 7.71. The van der Waals surface area contributed by atoms with Crippen molar-refractivity contribution in [3.05, 3.63) is 32.8 Å². The van der Waals surface area contributed by atoms with Crippen LogP contribution in [0, 0.1) is 11.8 Å². The van der Waals surface area contributed by atoms with E-state index in [0.29, 0.717) is 5.69 Å². The third-order valence-corrected chi connectivity index (χ3v) is 5.70. The molecule has 0 saturated heterocycles. The van der Waals surface area contributed by atoms with Gasteiger partial charge in [0.25, 0.3) is 0 Å². The molecule has 1 aromatic heterocycles. The van der Waals surface area contributed by atoms with Gasteiger partial charge in [0.05, 0.1) is 11.6 Å². The lowest BCUT2D eigenvalue weighted by atomic mass is 9.79. The van der Waals surface area contributed by atoms with Crippen molar-refractivity contribution in [1.29, 1.82) is 0 Å². The molecular weight excluding hydrogens is 364 g/mol. The molecule has 14 heteroatoms. The molecule has 0 amide bonds. The van der Waals surface area contributed by atoms with Gasteiger partial charge < -0.3 is 26.9 Å². The highest BCUT2D eigenvalue weighted by Gasteiger charge is 2.65. The van der Waals surface area contributed by atoms with Gasteiger partial charge in [-0.1, -0.05) is 10.2 Å². The summed E-state index contributed by atoms with van der Waals surface area (Å²) in [6, 6.07) is 0. The summed E-state index contributed by atoms with van der Waals surface area (Å²) >= 11 is 6.73. The number of guanidine groups is 1. The number of imidazole rings is 1. The number of aliphatic hydroxyl groups excluding tert-OH is 1. The first-order chi connectivity index (χ1) is 12.5. The number of azide groups is 2. The summed E-state index contributed by atoms with van der Waals surface area (Å²) in [5, 5.41) is 20.2. The Morgan fingerprint density at radius 3 is 2.42 bits per heavy atom. The number of hydrogen-bond acceptors (Lipinski definition) is 8. The van der Waals surface area contributed by atoms with Crippen LogP contribution in [0.25, 0.3) is 20.9 Å². The largest absolute Gasteiger partial charge is 0.370 e. The molecule has 1 aliphatic carbocycles. The lowest BCUT2D eigenvalue weighted by molar-refractivity contribution is 0.0821. The Bertz CT molecular complexity index is 811. The van der Waals surface area contributed by atoms with Gasteiger partial charge in [-0.05, 0) is 22.9 Å². The van der Waals surface area contributed by atoms with E-state index in [4.69, 9.17) is 34.1 Å². The monoisotopic (exact) mass is 380 g/mol. The van der Waals surface area contributed by atoms with Gasteiger partial charge in [-0.25, -0.2) is 9.98 Å². The van der Waals surface area contributed by atoms with Gasteiger partial charge >= 0.3 is 0 Å². The van der Waals surface area contributed by atoms with Gasteiger partial charge in [0.1, 0.15) is 5.54 Å². The molecule has 0 aromatic carbocycles. The van der Waals surface area contributed by atoms with E-state index in [9.17, 15) is 5.11 Å². The van der Waals surface area contributed by atoms with Crippen LogP contribution in [0.4, 0.5) is 5.95 Å². The summed E-state index contributed by atoms with van der Waals surface area (Å²) in [5.74, 6) is -1.12. The fraction of sp³-hybridized carbons (Fsp3) is 0.667. The molecule has 1 aliphatic heterocycles. The second-order valence-electron chi connectivity index (χ2n) is 6.20. The Morgan fingerprint density at radius 1 is 1.27 bits per heavy atom. The van der Waals surface area contributed by atoms with Crippen molar-refractivity contribution < 1.29 is 5.11 Å². The second kappa shape index (κ2) is 6.81. The lowest BCUT2D eigenvalue weighted by Crippen LogP contribution is -2.59. The average Bonchev–Trinajstić information content (AvgIpc) is 3.21. The normalized spacial score (nSPS) is 35.5. The van der Waals surface area contributed by atoms with Gasteiger partial charge in [0.2, 0.25) is 0 Å². The van der Waals surface area contributed by atoms with Gasteiger partial charge in [-0.3, -0.25) is 0 Å². The number of aliphatic imine (C=N–C) groups is 1. The molecule has 1 aromatic rings. The number of nitrogen functional groups attached to an aromatic ring is 1. The predicted molar refractivity (Wildman–Crippen MR) is 93.9 cm³/mol. The second-order valence-corrected chi connectivity index (χ2v) is 6.67. The maximum Gasteiger partial charge on any atom is 0.197 e. The van der Waals surface area contributed by atoms with Crippen LogP contribution in [0.5, 0.6) is 0 Å². The number of H-pyrrole nitrogens is 1. The van der Waals surface area contributed by atoms with Crippen LogP contribution in [-0.4, -0.2) is 51.3 Å². The smallest absolute Gasteiger partial charge is 0.197 e. The zero-order valence-electron chi connectivity index (χ0n) is 13.4. The Kier molecular flexibility index (Phi) is 4.70. The molecule has 0 unspecified atom stereocenters. The van der Waals surface area contributed by atoms with Crippen molar-refractivity contribution >= 4 is 23.5 Å². The predicted octanol–water partition coefficient (Wildman–Crippen LogP) is 0.525. The molecule has 7 N–H and O–H groups in total. The van der Waals surface area contributed by atoms with Crippen molar-refractivity contribution in [2.24, 2.45) is 32.8 Å². The first-order valence-corrected chi connectivity index (χ1v) is 8.15. The molecule has 2 heterocycles. The third-order valence-electron chi connectivity index (χ3n) is 5.02. The SMILES string of the molecule is [N-]=[N+]=NC[C@@H]1[C@@H](CN=[N+]=[N-])[C@H](c2cnc(N)[nH]2)[C@]2(NC(N)=N[C@@H]2O)[C@H]1Cl. The van der Waals surface area contributed by atoms with Gasteiger partial charge in [0.15, 0.2) is 18.1 Å². The Hall–Kier alpha value is -2.85. The van der Waals surface area contributed by atoms with Crippen LogP contribution < -0.4 is 16.8 Å². The number of alkyl halides is 1. The minimum absolute atomic E-state index is 0.0348. The molecule has 1 saturated carbocycles. The number of aromatic nitrogens is 2. The van der Waals surface area contributed by atoms with E-state index in [1.54, 1.807) is 0 Å². The summed E-state index contributed by atoms with van der Waals surface area (Å²) in [6.45, 7) is 0.109. The molecular formula is C12H17ClN12O. The van der Waals surface area contributed by atoms with Crippen molar-refractivity contribution in [2.75, 3.05) is 18.8 Å². The standard InChI is InChI=1S/C12H17ClN12O/c13-8-5(2-20-25-17)4(1-19-24-16)7(6-3-18-10(14)21-6)12(8)9(26)22-11(15)23-12/h3-5,7-9,26H,1-2H2,(H3,14,18,21)(H3,15,22,23)/t4-,5-,7-,8+,9-,12+/m1/s1. The molecule has 6 atom stereocenters. The number of halogens is 1. The average molecular weight is 381 g/mol. The molecule has 1 fully saturated rings. The topological polar surface area (TPSA) is 223 Å². The van der Waals surface area contributed by atoms with Crippen LogP contribution >= 0.6 is 11.6 Å². The maximum absolute atomic E-state index is 10.7. The zero-order chi connectivity index (χ0) is 18.9. The highest BCUT2D eigenvalue weighted by Crippen LogP contribution is 2.55. The molecule has 0 bridgehead atoms. The van der Waals surface area contributed by atoms with E-state index in [0.717, 1.165) is 0 Å². The first kappa shape index (κ1) is 18.0. The number of anilines is 1. The Balaban J connectivity index is 2.14. The lowest BCUT2D eigenvalue weighted by Gasteiger charge is -2.37. The zero-order valence-corrected chi connectivity index (χ0v) is 14.2. The van der Waals surface area contributed by atoms with Crippen LogP contribution in [0.15, 0.2) is 21.4 Å². The van der Waals surface area contributed by atoms with E-state index in [2.05, 4.69) is 40.3 Å². The van der Waals surface area contributed by atoms with E-state index in [1.165, 1.54) is 6.20 Å². The number of nitrogens with zero attached hydrogens (tertiary/aromatic N) is 8. The van der Waals surface area contributed by atoms with Crippen LogP contribution in [0.1, 0.15) is 11.6 Å². The van der Waals surface area contributed by atoms with Crippen LogP contribution in [0.3, 0.4) is 0 Å². The summed E-state index contributed by atoms with van der Waals surface area (Å²) in [4.78, 5) is 16.5. The number of rotatable bonds is 5. The fourth-order valence-electron chi connectivity index (χ4n) is 4.08. The van der Waals surface area contributed by atoms with Gasteiger partial charge in [0, 0.05) is 34.5 Å². The number of hydrogen-bond donors (Lipinski definition) is 5. The van der Waals surface area contributed by atoms with Crippen LogP contribution in [0.2, 0.25) is 0 Å². The summed E-state index contributed by atoms with van der Waals surface area (Å²) in [5.41, 5.74) is 28.3. The van der Waals surface area contributed by atoms with Gasteiger partial charge in [-0.15, -0.1) is 11.6 Å². The molecule has 1 spiro atoms. The molecule has 2 aliphatic rings. The Morgan fingerprint density at radius 2 is 1.92 bits per heavy atom. The van der Waals surface area contributed by atoms with Crippen molar-refractivity contribution in [2.45, 2.75) is 23.1 Å². The highest BCUT2D eigenvalue weighted by molar-refractivity contribution is 6.22. The fourth-order valence-corrected chi connectivity index (χ4v) is 4.65. The van der Waals surface area contributed by atoms with E-state index >= 15 is 0 Å². The van der Waals surface area contributed by atoms with Crippen molar-refractivity contribution in [3.8, 4) is 0 Å². The third kappa shape index (κ3) is 2.63. The molecule has 138 valence electrons. The Labute approximate surface area is 152 Å². The van der Waals surface area contributed by atoms with E-state index < -0.39 is 29.0 Å². The van der Waals surface area contributed by atoms with E-state index in [-0.39, 0.29) is 30.9 Å². The summed E-state index contributed by atoms with van der Waals surface area (Å²) < 4.78 is 0. The molecule has 26 heavy (non-hydrogen) atoms. The summed E-state index contributed by atoms with van der Waals surface area (Å²) in [6.07, 6.45) is 0.261. The molecule has 0 radical (unpaired) electrons. The highest BCUT2D eigenvalue weighted by atomic mass is 35.5. The number of aromatic amines is 1. The summed E-state index contributed by atoms with van der Waals surface area (Å²) in [7, 11) is 0. The maximum atomic E-state index is 10.7. The minimum atomic E-state index is -1.26.